The third kappa shape index (κ3) is 4.94. The normalized spacial score (nSPS) is 11.0. The molecular weight excluding hydrogens is 342 g/mol. The Hall–Kier alpha value is -3.15. The van der Waals surface area contributed by atoms with E-state index in [0.29, 0.717) is 29.4 Å². The van der Waals surface area contributed by atoms with Gasteiger partial charge in [-0.1, -0.05) is 19.9 Å². The van der Waals surface area contributed by atoms with Crippen LogP contribution in [0.2, 0.25) is 0 Å². The molecule has 0 radical (unpaired) electrons. The average Bonchev–Trinajstić information content (AvgIpc) is 2.61. The molecule has 0 aliphatic rings. The van der Waals surface area contributed by atoms with Gasteiger partial charge in [0.25, 0.3) is 5.56 Å². The molecule has 27 heavy (non-hydrogen) atoms. The number of rotatable bonds is 6. The lowest BCUT2D eigenvalue weighted by atomic mass is 10.1. The molecule has 6 heteroatoms. The van der Waals surface area contributed by atoms with Gasteiger partial charge in [0.15, 0.2) is 0 Å². The van der Waals surface area contributed by atoms with Crippen LogP contribution in [0, 0.1) is 12.8 Å². The second-order valence-electron chi connectivity index (χ2n) is 6.98. The summed E-state index contributed by atoms with van der Waals surface area (Å²) in [5, 5.41) is 2.86. The highest BCUT2D eigenvalue weighted by atomic mass is 16.5. The van der Waals surface area contributed by atoms with Crippen molar-refractivity contribution in [2.24, 2.45) is 5.92 Å². The van der Waals surface area contributed by atoms with Gasteiger partial charge in [0.1, 0.15) is 18.0 Å². The fraction of sp³-hybridized carbons (Fsp3) is 0.286. The van der Waals surface area contributed by atoms with Crippen LogP contribution < -0.4 is 15.6 Å². The van der Waals surface area contributed by atoms with Crippen LogP contribution in [-0.4, -0.2) is 15.3 Å². The third-order valence-electron chi connectivity index (χ3n) is 3.98. The fourth-order valence-corrected chi connectivity index (χ4v) is 2.71. The van der Waals surface area contributed by atoms with Gasteiger partial charge in [-0.15, -0.1) is 0 Å². The molecule has 3 rings (SSSR count). The van der Waals surface area contributed by atoms with Crippen molar-refractivity contribution >= 4 is 17.2 Å². The van der Waals surface area contributed by atoms with E-state index in [1.54, 1.807) is 30.5 Å². The molecule has 0 fully saturated rings. The molecule has 0 saturated heterocycles. The number of hydrogen-bond donors (Lipinski definition) is 1. The summed E-state index contributed by atoms with van der Waals surface area (Å²) < 4.78 is 7.24. The number of carbonyl (C=O) groups excluding carboxylic acids is 1. The molecule has 1 amide bonds. The predicted molar refractivity (Wildman–Crippen MR) is 105 cm³/mol. The summed E-state index contributed by atoms with van der Waals surface area (Å²) >= 11 is 0. The number of nitrogens with zero attached hydrogens (tertiary/aromatic N) is 2. The largest absolute Gasteiger partial charge is 0.487 e. The van der Waals surface area contributed by atoms with Crippen LogP contribution in [0.4, 0.5) is 5.69 Å². The summed E-state index contributed by atoms with van der Waals surface area (Å²) in [5.74, 6) is 0.951. The minimum Gasteiger partial charge on any atom is -0.487 e. The molecule has 2 aromatic heterocycles. The van der Waals surface area contributed by atoms with Crippen molar-refractivity contribution in [1.82, 2.24) is 9.38 Å². The van der Waals surface area contributed by atoms with Gasteiger partial charge >= 0.3 is 0 Å². The van der Waals surface area contributed by atoms with E-state index in [9.17, 15) is 9.59 Å². The van der Waals surface area contributed by atoms with Gasteiger partial charge in [-0.3, -0.25) is 14.0 Å². The highest BCUT2D eigenvalue weighted by Crippen LogP contribution is 2.17. The molecule has 0 aliphatic heterocycles. The van der Waals surface area contributed by atoms with Gasteiger partial charge in [-0.25, -0.2) is 4.98 Å². The molecule has 0 saturated carbocycles. The van der Waals surface area contributed by atoms with E-state index >= 15 is 0 Å². The Kier molecular flexibility index (Phi) is 5.54. The van der Waals surface area contributed by atoms with Crippen molar-refractivity contribution in [2.75, 3.05) is 5.32 Å². The van der Waals surface area contributed by atoms with E-state index in [-0.39, 0.29) is 18.1 Å². The van der Waals surface area contributed by atoms with Gasteiger partial charge < -0.3 is 10.1 Å². The molecular formula is C21H23N3O3. The van der Waals surface area contributed by atoms with Crippen molar-refractivity contribution in [3.05, 3.63) is 70.3 Å². The number of hydrogen-bond acceptors (Lipinski definition) is 4. The van der Waals surface area contributed by atoms with Crippen LogP contribution in [0.25, 0.3) is 5.65 Å². The number of carbonyl (C=O) groups is 1. The second kappa shape index (κ2) is 8.03. The monoisotopic (exact) mass is 365 g/mol. The zero-order valence-corrected chi connectivity index (χ0v) is 15.7. The lowest BCUT2D eigenvalue weighted by Gasteiger charge is -2.10. The molecule has 0 aliphatic carbocycles. The Bertz CT molecular complexity index is 1010. The standard InChI is InChI=1S/C21H23N3O3/c1-14(2)10-20(25)23-16-5-7-18(8-6-16)27-13-17-11-21(26)24-12-15(3)4-9-19(24)22-17/h4-9,11-12,14H,10,13H2,1-3H3,(H,23,25). The maximum absolute atomic E-state index is 12.2. The van der Waals surface area contributed by atoms with Crippen molar-refractivity contribution in [2.45, 2.75) is 33.8 Å². The van der Waals surface area contributed by atoms with Gasteiger partial charge in [-0.05, 0) is 48.7 Å². The highest BCUT2D eigenvalue weighted by Gasteiger charge is 2.06. The second-order valence-corrected chi connectivity index (χ2v) is 6.98. The molecule has 2 heterocycles. The number of fused-ring (bicyclic) bond motifs is 1. The first-order valence-corrected chi connectivity index (χ1v) is 8.92. The average molecular weight is 365 g/mol. The molecule has 0 bridgehead atoms. The van der Waals surface area contributed by atoms with Crippen LogP contribution in [0.5, 0.6) is 5.75 Å². The van der Waals surface area contributed by atoms with Gasteiger partial charge in [-0.2, -0.15) is 0 Å². The van der Waals surface area contributed by atoms with E-state index in [4.69, 9.17) is 4.74 Å². The Morgan fingerprint density at radius 2 is 1.93 bits per heavy atom. The summed E-state index contributed by atoms with van der Waals surface area (Å²) in [7, 11) is 0. The lowest BCUT2D eigenvalue weighted by Crippen LogP contribution is -2.16. The Labute approximate surface area is 157 Å². The Morgan fingerprint density at radius 3 is 2.63 bits per heavy atom. The summed E-state index contributed by atoms with van der Waals surface area (Å²) in [4.78, 5) is 28.5. The number of nitrogens with one attached hydrogen (secondary N) is 1. The number of benzene rings is 1. The maximum Gasteiger partial charge on any atom is 0.258 e. The number of pyridine rings is 1. The first-order chi connectivity index (χ1) is 12.9. The van der Waals surface area contributed by atoms with Gasteiger partial charge in [0.2, 0.25) is 5.91 Å². The van der Waals surface area contributed by atoms with Crippen molar-refractivity contribution < 1.29 is 9.53 Å². The molecule has 0 atom stereocenters. The lowest BCUT2D eigenvalue weighted by molar-refractivity contribution is -0.116. The van der Waals surface area contributed by atoms with Crippen molar-refractivity contribution in [1.29, 1.82) is 0 Å². The summed E-state index contributed by atoms with van der Waals surface area (Å²) in [6, 6.07) is 12.4. The first kappa shape index (κ1) is 18.6. The maximum atomic E-state index is 12.2. The minimum atomic E-state index is -0.134. The minimum absolute atomic E-state index is 0.00487. The smallest absolute Gasteiger partial charge is 0.258 e. The Balaban J connectivity index is 1.65. The molecule has 0 unspecified atom stereocenters. The summed E-state index contributed by atoms with van der Waals surface area (Å²) in [5.41, 5.74) is 2.75. The number of aryl methyl sites for hydroxylation is 1. The van der Waals surface area contributed by atoms with Gasteiger partial charge in [0.05, 0.1) is 5.69 Å². The van der Waals surface area contributed by atoms with E-state index in [2.05, 4.69) is 10.3 Å². The molecule has 6 nitrogen and oxygen atoms in total. The predicted octanol–water partition coefficient (Wildman–Crippen LogP) is 3.57. The van der Waals surface area contributed by atoms with Crippen LogP contribution in [-0.2, 0) is 11.4 Å². The number of ether oxygens (including phenoxy) is 1. The first-order valence-electron chi connectivity index (χ1n) is 8.92. The SMILES string of the molecule is Cc1ccc2nc(COc3ccc(NC(=O)CC(C)C)cc3)cc(=O)n2c1. The molecule has 0 spiro atoms. The third-order valence-corrected chi connectivity index (χ3v) is 3.98. The van der Waals surface area contributed by atoms with E-state index in [1.807, 2.05) is 32.9 Å². The Morgan fingerprint density at radius 1 is 1.19 bits per heavy atom. The molecule has 1 aromatic carbocycles. The van der Waals surface area contributed by atoms with E-state index in [0.717, 1.165) is 11.3 Å². The summed E-state index contributed by atoms with van der Waals surface area (Å²) in [6.45, 7) is 6.13. The van der Waals surface area contributed by atoms with Crippen LogP contribution >= 0.6 is 0 Å². The van der Waals surface area contributed by atoms with Crippen LogP contribution in [0.15, 0.2) is 53.5 Å². The van der Waals surface area contributed by atoms with Crippen molar-refractivity contribution in [3.8, 4) is 5.75 Å². The number of aromatic nitrogens is 2. The molecule has 140 valence electrons. The molecule has 1 N–H and O–H groups in total. The topological polar surface area (TPSA) is 72.7 Å². The van der Waals surface area contributed by atoms with Gasteiger partial charge in [0, 0.05) is 24.4 Å². The zero-order chi connectivity index (χ0) is 19.4. The molecule has 3 aromatic rings. The van der Waals surface area contributed by atoms with E-state index < -0.39 is 0 Å². The van der Waals surface area contributed by atoms with Crippen molar-refractivity contribution in [3.63, 3.8) is 0 Å². The van der Waals surface area contributed by atoms with Crippen LogP contribution in [0.3, 0.4) is 0 Å². The number of anilines is 1. The quantitative estimate of drug-likeness (QED) is 0.725. The summed E-state index contributed by atoms with van der Waals surface area (Å²) in [6.07, 6.45) is 2.25. The highest BCUT2D eigenvalue weighted by molar-refractivity contribution is 5.90. The number of amides is 1. The van der Waals surface area contributed by atoms with E-state index in [1.165, 1.54) is 10.5 Å². The fourth-order valence-electron chi connectivity index (χ4n) is 2.71. The zero-order valence-electron chi connectivity index (χ0n) is 15.7. The van der Waals surface area contributed by atoms with Crippen LogP contribution in [0.1, 0.15) is 31.5 Å².